The third-order valence-corrected chi connectivity index (χ3v) is 7.32. The lowest BCUT2D eigenvalue weighted by molar-refractivity contribution is -0.939. The Morgan fingerprint density at radius 2 is 1.54 bits per heavy atom. The molecule has 4 aliphatic carbocycles. The van der Waals surface area contributed by atoms with Crippen LogP contribution < -0.4 is 4.90 Å². The van der Waals surface area contributed by atoms with Crippen molar-refractivity contribution in [2.45, 2.75) is 38.1 Å². The van der Waals surface area contributed by atoms with Crippen LogP contribution in [-0.2, 0) is 0 Å². The Bertz CT molecular complexity index is 581. The maximum Gasteiger partial charge on any atom is 0.254 e. The molecule has 2 heterocycles. The molecule has 1 aromatic rings. The van der Waals surface area contributed by atoms with E-state index in [1.807, 2.05) is 17.0 Å². The van der Waals surface area contributed by atoms with Crippen LogP contribution in [0.25, 0.3) is 0 Å². The molecular weight excluding hydrogens is 298 g/mol. The predicted molar refractivity (Wildman–Crippen MR) is 91.7 cm³/mol. The first-order valence-corrected chi connectivity index (χ1v) is 9.82. The average molecular weight is 326 g/mol. The maximum atomic E-state index is 12.6. The van der Waals surface area contributed by atoms with Crippen molar-refractivity contribution in [1.29, 1.82) is 0 Å². The minimum Gasteiger partial charge on any atom is -0.329 e. The summed E-state index contributed by atoms with van der Waals surface area (Å²) in [6.07, 6.45) is 11.0. The summed E-state index contributed by atoms with van der Waals surface area (Å²) in [4.78, 5) is 20.5. The van der Waals surface area contributed by atoms with Crippen LogP contribution in [0.2, 0.25) is 0 Å². The van der Waals surface area contributed by atoms with Gasteiger partial charge in [-0.05, 0) is 56.1 Å². The number of carbonyl (C=O) groups is 1. The molecule has 1 aliphatic heterocycles. The highest BCUT2D eigenvalue weighted by Gasteiger charge is 2.52. The quantitative estimate of drug-likeness (QED) is 0.888. The Morgan fingerprint density at radius 3 is 2.12 bits per heavy atom. The van der Waals surface area contributed by atoms with E-state index in [0.717, 1.165) is 61.5 Å². The second kappa shape index (κ2) is 5.83. The fourth-order valence-corrected chi connectivity index (χ4v) is 6.60. The fraction of sp³-hybridized carbons (Fsp3) is 0.700. The fourth-order valence-electron chi connectivity index (χ4n) is 6.60. The van der Waals surface area contributed by atoms with Crippen molar-refractivity contribution >= 4 is 5.91 Å². The normalized spacial score (nSPS) is 38.5. The molecule has 4 nitrogen and oxygen atoms in total. The highest BCUT2D eigenvalue weighted by molar-refractivity contribution is 5.94. The monoisotopic (exact) mass is 326 g/mol. The lowest BCUT2D eigenvalue weighted by atomic mass is 9.54. The Labute approximate surface area is 144 Å². The maximum absolute atomic E-state index is 12.6. The van der Waals surface area contributed by atoms with Crippen LogP contribution in [0.3, 0.4) is 0 Å². The van der Waals surface area contributed by atoms with E-state index in [9.17, 15) is 4.79 Å². The van der Waals surface area contributed by atoms with Gasteiger partial charge in [0.05, 0.1) is 32.2 Å². The molecule has 4 saturated carbocycles. The van der Waals surface area contributed by atoms with Gasteiger partial charge >= 0.3 is 0 Å². The van der Waals surface area contributed by atoms with Crippen LogP contribution in [0, 0.1) is 23.7 Å². The summed E-state index contributed by atoms with van der Waals surface area (Å²) in [6.45, 7) is 4.12. The van der Waals surface area contributed by atoms with Crippen molar-refractivity contribution in [3.8, 4) is 0 Å². The van der Waals surface area contributed by atoms with Gasteiger partial charge in [-0.1, -0.05) is 0 Å². The number of piperazine rings is 1. The molecule has 1 saturated heterocycles. The smallest absolute Gasteiger partial charge is 0.254 e. The van der Waals surface area contributed by atoms with Gasteiger partial charge in [-0.2, -0.15) is 0 Å². The van der Waals surface area contributed by atoms with Gasteiger partial charge in [-0.3, -0.25) is 9.78 Å². The van der Waals surface area contributed by atoms with Crippen LogP contribution in [0.1, 0.15) is 42.5 Å². The third kappa shape index (κ3) is 2.46. The minimum atomic E-state index is 0.182. The summed E-state index contributed by atoms with van der Waals surface area (Å²) in [6, 6.07) is 4.56. The number of hydrogen-bond donors (Lipinski definition) is 1. The summed E-state index contributed by atoms with van der Waals surface area (Å²) in [5, 5.41) is 0. The average Bonchev–Trinajstić information content (AvgIpc) is 2.61. The lowest BCUT2D eigenvalue weighted by Crippen LogP contribution is -3.20. The van der Waals surface area contributed by atoms with Crippen molar-refractivity contribution in [3.63, 3.8) is 0 Å². The van der Waals surface area contributed by atoms with E-state index in [1.165, 1.54) is 32.1 Å². The first kappa shape index (κ1) is 14.9. The van der Waals surface area contributed by atoms with Crippen molar-refractivity contribution in [2.75, 3.05) is 26.2 Å². The largest absolute Gasteiger partial charge is 0.329 e. The van der Waals surface area contributed by atoms with Crippen LogP contribution in [0.5, 0.6) is 0 Å². The van der Waals surface area contributed by atoms with Gasteiger partial charge in [0, 0.05) is 29.8 Å². The molecule has 0 radical (unpaired) electrons. The molecule has 6 rings (SSSR count). The van der Waals surface area contributed by atoms with E-state index in [4.69, 9.17) is 0 Å². The van der Waals surface area contributed by atoms with E-state index < -0.39 is 0 Å². The summed E-state index contributed by atoms with van der Waals surface area (Å²) >= 11 is 0. The number of nitrogens with zero attached hydrogens (tertiary/aromatic N) is 2. The first-order chi connectivity index (χ1) is 11.8. The Balaban J connectivity index is 1.24. The zero-order valence-corrected chi connectivity index (χ0v) is 14.4. The SMILES string of the molecule is O=C(c1ccncc1)N1CC[NH+](C2C3CC4CC(C3)CC2C4)CC1. The van der Waals surface area contributed by atoms with E-state index in [0.29, 0.717) is 0 Å². The molecule has 0 unspecified atom stereocenters. The Morgan fingerprint density at radius 1 is 0.958 bits per heavy atom. The van der Waals surface area contributed by atoms with Crippen molar-refractivity contribution in [3.05, 3.63) is 30.1 Å². The van der Waals surface area contributed by atoms with Crippen molar-refractivity contribution < 1.29 is 9.69 Å². The number of carbonyl (C=O) groups excluding carboxylic acids is 1. The minimum absolute atomic E-state index is 0.182. The number of aromatic nitrogens is 1. The number of rotatable bonds is 2. The zero-order valence-electron chi connectivity index (χ0n) is 14.4. The molecule has 128 valence electrons. The van der Waals surface area contributed by atoms with Gasteiger partial charge < -0.3 is 9.80 Å². The summed E-state index contributed by atoms with van der Waals surface area (Å²) in [5.74, 6) is 4.26. The molecule has 0 spiro atoms. The van der Waals surface area contributed by atoms with Crippen LogP contribution in [0.15, 0.2) is 24.5 Å². The van der Waals surface area contributed by atoms with E-state index in [1.54, 1.807) is 12.4 Å². The number of nitrogens with one attached hydrogen (secondary N) is 1. The van der Waals surface area contributed by atoms with Crippen LogP contribution in [-0.4, -0.2) is 48.0 Å². The number of pyridine rings is 1. The molecular formula is C20H28N3O+. The molecule has 0 aromatic carbocycles. The van der Waals surface area contributed by atoms with E-state index >= 15 is 0 Å². The molecule has 5 aliphatic rings. The third-order valence-electron chi connectivity index (χ3n) is 7.32. The lowest BCUT2D eigenvalue weighted by Gasteiger charge is -2.56. The van der Waals surface area contributed by atoms with E-state index in [-0.39, 0.29) is 5.91 Å². The Hall–Kier alpha value is -1.42. The molecule has 1 amide bonds. The van der Waals surface area contributed by atoms with Crippen LogP contribution in [0.4, 0.5) is 0 Å². The second-order valence-corrected chi connectivity index (χ2v) is 8.64. The first-order valence-electron chi connectivity index (χ1n) is 9.82. The molecule has 1 aromatic heterocycles. The van der Waals surface area contributed by atoms with Crippen LogP contribution >= 0.6 is 0 Å². The number of quaternary nitrogens is 1. The molecule has 1 N–H and O–H groups in total. The second-order valence-electron chi connectivity index (χ2n) is 8.64. The predicted octanol–water partition coefficient (Wildman–Crippen LogP) is 1.25. The Kier molecular flexibility index (Phi) is 3.62. The standard InChI is InChI=1S/C20H27N3O/c24-20(16-1-3-21-4-2-16)23-7-5-22(6-8-23)19-17-10-14-9-15(12-17)13-18(19)11-14/h1-4,14-15,17-19H,5-13H2/p+1. The summed E-state index contributed by atoms with van der Waals surface area (Å²) in [7, 11) is 0. The van der Waals surface area contributed by atoms with Crippen molar-refractivity contribution in [2.24, 2.45) is 23.7 Å². The zero-order chi connectivity index (χ0) is 16.1. The summed E-state index contributed by atoms with van der Waals surface area (Å²) in [5.41, 5.74) is 0.781. The highest BCUT2D eigenvalue weighted by atomic mass is 16.2. The molecule has 0 atom stereocenters. The molecule has 24 heavy (non-hydrogen) atoms. The van der Waals surface area contributed by atoms with E-state index in [2.05, 4.69) is 9.88 Å². The van der Waals surface area contributed by atoms with Gasteiger partial charge in [0.15, 0.2) is 0 Å². The topological polar surface area (TPSA) is 37.6 Å². The highest BCUT2D eigenvalue weighted by Crippen LogP contribution is 2.53. The molecule has 4 bridgehead atoms. The summed E-state index contributed by atoms with van der Waals surface area (Å²) < 4.78 is 0. The molecule has 5 fully saturated rings. The van der Waals surface area contributed by atoms with Gasteiger partial charge in [0.25, 0.3) is 5.91 Å². The molecule has 4 heteroatoms. The van der Waals surface area contributed by atoms with Gasteiger partial charge in [-0.25, -0.2) is 0 Å². The van der Waals surface area contributed by atoms with Gasteiger partial charge in [0.1, 0.15) is 0 Å². The van der Waals surface area contributed by atoms with Crippen molar-refractivity contribution in [1.82, 2.24) is 9.88 Å². The number of amides is 1. The number of hydrogen-bond acceptors (Lipinski definition) is 2. The van der Waals surface area contributed by atoms with Gasteiger partial charge in [-0.15, -0.1) is 0 Å². The van der Waals surface area contributed by atoms with Gasteiger partial charge in [0.2, 0.25) is 0 Å².